The lowest BCUT2D eigenvalue weighted by Gasteiger charge is -2.12. The molecule has 8 heteroatoms. The van der Waals surface area contributed by atoms with Gasteiger partial charge in [-0.05, 0) is 49.1 Å². The number of aromatic nitrogens is 2. The van der Waals surface area contributed by atoms with Gasteiger partial charge in [0.1, 0.15) is 5.75 Å². The van der Waals surface area contributed by atoms with E-state index in [0.29, 0.717) is 29.8 Å². The minimum Gasteiger partial charge on any atom is -0.497 e. The number of fused-ring (bicyclic) bond motifs is 1. The van der Waals surface area contributed by atoms with E-state index in [0.717, 1.165) is 29.8 Å². The summed E-state index contributed by atoms with van der Waals surface area (Å²) >= 11 is 0. The standard InChI is InChI=1S/C22H21F2N3O3/c1-30-15-8-5-13(6-9-15)20(28)12-25-22(29)21-16-3-2-4-19(16)27(26-21)14-7-10-17(23)18(24)11-14/h5-11,20,28H,2-4,12H2,1H3,(H,25,29). The second-order valence-electron chi connectivity index (χ2n) is 7.14. The molecule has 0 radical (unpaired) electrons. The first-order valence-corrected chi connectivity index (χ1v) is 9.64. The number of nitrogens with one attached hydrogen (secondary N) is 1. The van der Waals surface area contributed by atoms with Gasteiger partial charge in [-0.3, -0.25) is 4.79 Å². The van der Waals surface area contributed by atoms with Crippen molar-refractivity contribution in [1.82, 2.24) is 15.1 Å². The molecule has 0 saturated heterocycles. The van der Waals surface area contributed by atoms with Crippen LogP contribution in [0.1, 0.15) is 39.8 Å². The molecule has 0 fully saturated rings. The Morgan fingerprint density at radius 2 is 1.97 bits per heavy atom. The Morgan fingerprint density at radius 3 is 2.67 bits per heavy atom. The molecule has 2 aromatic carbocycles. The van der Waals surface area contributed by atoms with Crippen molar-refractivity contribution in [2.24, 2.45) is 0 Å². The van der Waals surface area contributed by atoms with Gasteiger partial charge in [-0.15, -0.1) is 0 Å². The number of halogens is 2. The van der Waals surface area contributed by atoms with Crippen LogP contribution in [0.2, 0.25) is 0 Å². The summed E-state index contributed by atoms with van der Waals surface area (Å²) < 4.78 is 33.5. The predicted molar refractivity (Wildman–Crippen MR) is 106 cm³/mol. The van der Waals surface area contributed by atoms with E-state index in [1.54, 1.807) is 31.4 Å². The summed E-state index contributed by atoms with van der Waals surface area (Å²) in [5.41, 5.74) is 2.88. The lowest BCUT2D eigenvalue weighted by molar-refractivity contribution is 0.0910. The van der Waals surface area contributed by atoms with Crippen LogP contribution in [-0.4, -0.2) is 34.4 Å². The third-order valence-corrected chi connectivity index (χ3v) is 5.25. The monoisotopic (exact) mass is 413 g/mol. The second kappa shape index (κ2) is 8.23. The molecular weight excluding hydrogens is 392 g/mol. The fraction of sp³-hybridized carbons (Fsp3) is 0.273. The number of nitrogens with zero attached hydrogens (tertiary/aromatic N) is 2. The average molecular weight is 413 g/mol. The van der Waals surface area contributed by atoms with Gasteiger partial charge < -0.3 is 15.2 Å². The van der Waals surface area contributed by atoms with Gasteiger partial charge in [0.25, 0.3) is 5.91 Å². The molecule has 1 aliphatic carbocycles. The highest BCUT2D eigenvalue weighted by atomic mass is 19.2. The van der Waals surface area contributed by atoms with Gasteiger partial charge in [-0.1, -0.05) is 12.1 Å². The summed E-state index contributed by atoms with van der Waals surface area (Å²) in [6.07, 6.45) is 1.35. The number of rotatable bonds is 6. The molecule has 0 bridgehead atoms. The number of carbonyl (C=O) groups excluding carboxylic acids is 1. The number of amides is 1. The summed E-state index contributed by atoms with van der Waals surface area (Å²) in [4.78, 5) is 12.8. The largest absolute Gasteiger partial charge is 0.497 e. The molecule has 0 spiro atoms. The van der Waals surface area contributed by atoms with Crippen molar-refractivity contribution in [3.05, 3.63) is 76.6 Å². The maximum absolute atomic E-state index is 13.7. The number of aliphatic hydroxyl groups is 1. The lowest BCUT2D eigenvalue weighted by Crippen LogP contribution is -2.29. The van der Waals surface area contributed by atoms with Crippen LogP contribution in [0.5, 0.6) is 5.75 Å². The number of carbonyl (C=O) groups is 1. The molecule has 1 aromatic heterocycles. The highest BCUT2D eigenvalue weighted by Gasteiger charge is 2.27. The van der Waals surface area contributed by atoms with Crippen LogP contribution >= 0.6 is 0 Å². The van der Waals surface area contributed by atoms with Crippen molar-refractivity contribution in [1.29, 1.82) is 0 Å². The van der Waals surface area contributed by atoms with Gasteiger partial charge in [0.05, 0.1) is 18.9 Å². The molecule has 3 aromatic rings. The first-order chi connectivity index (χ1) is 14.5. The van der Waals surface area contributed by atoms with Gasteiger partial charge >= 0.3 is 0 Å². The smallest absolute Gasteiger partial charge is 0.272 e. The molecular formula is C22H21F2N3O3. The van der Waals surface area contributed by atoms with E-state index in [4.69, 9.17) is 4.74 Å². The van der Waals surface area contributed by atoms with Crippen molar-refractivity contribution in [2.75, 3.05) is 13.7 Å². The van der Waals surface area contributed by atoms with Crippen LogP contribution in [-0.2, 0) is 12.8 Å². The minimum atomic E-state index is -0.969. The zero-order chi connectivity index (χ0) is 21.3. The number of hydrogen-bond acceptors (Lipinski definition) is 4. The van der Waals surface area contributed by atoms with Crippen molar-refractivity contribution < 1.29 is 23.4 Å². The van der Waals surface area contributed by atoms with Crippen molar-refractivity contribution >= 4 is 5.91 Å². The Bertz CT molecular complexity index is 1080. The number of aliphatic hydroxyl groups excluding tert-OH is 1. The van der Waals surface area contributed by atoms with E-state index in [1.807, 2.05) is 0 Å². The van der Waals surface area contributed by atoms with Crippen LogP contribution in [0.3, 0.4) is 0 Å². The quantitative estimate of drug-likeness (QED) is 0.651. The predicted octanol–water partition coefficient (Wildman–Crippen LogP) is 3.11. The highest BCUT2D eigenvalue weighted by Crippen LogP contribution is 2.28. The highest BCUT2D eigenvalue weighted by molar-refractivity contribution is 5.94. The molecule has 156 valence electrons. The molecule has 0 aliphatic heterocycles. The molecule has 1 aliphatic rings. The van der Waals surface area contributed by atoms with Crippen molar-refractivity contribution in [2.45, 2.75) is 25.4 Å². The molecule has 4 rings (SSSR count). The summed E-state index contributed by atoms with van der Waals surface area (Å²) in [6, 6.07) is 10.5. The Balaban J connectivity index is 1.52. The maximum atomic E-state index is 13.7. The SMILES string of the molecule is COc1ccc(C(O)CNC(=O)c2nn(-c3ccc(F)c(F)c3)c3c2CCC3)cc1. The Hall–Kier alpha value is -3.26. The second-order valence-corrected chi connectivity index (χ2v) is 7.14. The fourth-order valence-corrected chi connectivity index (χ4v) is 3.67. The van der Waals surface area contributed by atoms with Crippen LogP contribution < -0.4 is 10.1 Å². The Morgan fingerprint density at radius 1 is 1.20 bits per heavy atom. The maximum Gasteiger partial charge on any atom is 0.272 e. The number of hydrogen-bond donors (Lipinski definition) is 2. The van der Waals surface area contributed by atoms with Crippen LogP contribution in [0.4, 0.5) is 8.78 Å². The van der Waals surface area contributed by atoms with Gasteiger partial charge in [0.15, 0.2) is 17.3 Å². The van der Waals surface area contributed by atoms with E-state index in [9.17, 15) is 18.7 Å². The molecule has 6 nitrogen and oxygen atoms in total. The number of benzene rings is 2. The van der Waals surface area contributed by atoms with Crippen LogP contribution in [0.25, 0.3) is 5.69 Å². The molecule has 1 unspecified atom stereocenters. The molecule has 1 atom stereocenters. The molecule has 0 saturated carbocycles. The van der Waals surface area contributed by atoms with Crippen molar-refractivity contribution in [3.8, 4) is 11.4 Å². The average Bonchev–Trinajstić information content (AvgIpc) is 3.37. The molecule has 1 amide bonds. The summed E-state index contributed by atoms with van der Waals surface area (Å²) in [5, 5.41) is 17.4. The van der Waals surface area contributed by atoms with E-state index in [2.05, 4.69) is 10.4 Å². The van der Waals surface area contributed by atoms with Gasteiger partial charge in [0.2, 0.25) is 0 Å². The van der Waals surface area contributed by atoms with Gasteiger partial charge in [-0.2, -0.15) is 5.10 Å². The van der Waals surface area contributed by atoms with Crippen LogP contribution in [0, 0.1) is 11.6 Å². The van der Waals surface area contributed by atoms with Gasteiger partial charge in [0, 0.05) is 23.9 Å². The number of ether oxygens (including phenoxy) is 1. The first kappa shape index (κ1) is 20.0. The summed E-state index contributed by atoms with van der Waals surface area (Å²) in [7, 11) is 1.56. The molecule has 2 N–H and O–H groups in total. The lowest BCUT2D eigenvalue weighted by atomic mass is 10.1. The van der Waals surface area contributed by atoms with E-state index in [-0.39, 0.29) is 12.2 Å². The van der Waals surface area contributed by atoms with Crippen LogP contribution in [0.15, 0.2) is 42.5 Å². The summed E-state index contributed by atoms with van der Waals surface area (Å²) in [6.45, 7) is 0.0119. The summed E-state index contributed by atoms with van der Waals surface area (Å²) in [5.74, 6) is -1.65. The minimum absolute atomic E-state index is 0.0119. The normalized spacial score (nSPS) is 13.7. The molecule has 1 heterocycles. The Labute approximate surface area is 172 Å². The van der Waals surface area contributed by atoms with E-state index < -0.39 is 23.6 Å². The Kier molecular flexibility index (Phi) is 5.50. The number of methoxy groups -OCH3 is 1. The molecule has 30 heavy (non-hydrogen) atoms. The van der Waals surface area contributed by atoms with E-state index in [1.165, 1.54) is 10.7 Å². The van der Waals surface area contributed by atoms with Gasteiger partial charge in [-0.25, -0.2) is 13.5 Å². The zero-order valence-corrected chi connectivity index (χ0v) is 16.4. The van der Waals surface area contributed by atoms with E-state index >= 15 is 0 Å². The zero-order valence-electron chi connectivity index (χ0n) is 16.4. The first-order valence-electron chi connectivity index (χ1n) is 9.64. The third kappa shape index (κ3) is 3.78. The van der Waals surface area contributed by atoms with Crippen molar-refractivity contribution in [3.63, 3.8) is 0 Å². The topological polar surface area (TPSA) is 76.4 Å². The third-order valence-electron chi connectivity index (χ3n) is 5.25. The fourth-order valence-electron chi connectivity index (χ4n) is 3.67.